The first-order chi connectivity index (χ1) is 10.5. The van der Waals surface area contributed by atoms with Crippen LogP contribution in [0.2, 0.25) is 5.02 Å². The summed E-state index contributed by atoms with van der Waals surface area (Å²) >= 11 is 5.91. The number of nitro groups is 1. The molecule has 0 radical (unpaired) electrons. The Kier molecular flexibility index (Phi) is 3.77. The summed E-state index contributed by atoms with van der Waals surface area (Å²) in [4.78, 5) is 28.6. The molecular weight excluding hydrogens is 306 g/mol. The van der Waals surface area contributed by atoms with E-state index in [4.69, 9.17) is 11.6 Å². The Labute approximate surface area is 131 Å². The van der Waals surface area contributed by atoms with E-state index >= 15 is 0 Å². The van der Waals surface area contributed by atoms with Crippen LogP contribution in [0.4, 0.5) is 5.69 Å². The Morgan fingerprint density at radius 1 is 1.36 bits per heavy atom. The number of carbonyl (C=O) groups is 1. The normalized spacial score (nSPS) is 13.6. The van der Waals surface area contributed by atoms with E-state index in [0.717, 1.165) is 11.3 Å². The van der Waals surface area contributed by atoms with E-state index in [1.54, 1.807) is 29.2 Å². The third kappa shape index (κ3) is 2.78. The van der Waals surface area contributed by atoms with E-state index in [-0.39, 0.29) is 11.6 Å². The molecule has 1 aromatic carbocycles. The number of benzene rings is 1. The summed E-state index contributed by atoms with van der Waals surface area (Å²) in [6.07, 6.45) is 1.84. The van der Waals surface area contributed by atoms with Gasteiger partial charge in [0.15, 0.2) is 0 Å². The largest absolute Gasteiger partial charge is 0.334 e. The maximum absolute atomic E-state index is 12.5. The van der Waals surface area contributed by atoms with Gasteiger partial charge in [0.25, 0.3) is 11.6 Å². The van der Waals surface area contributed by atoms with Crippen molar-refractivity contribution < 1.29 is 9.72 Å². The molecule has 0 saturated heterocycles. The highest BCUT2D eigenvalue weighted by atomic mass is 35.5. The Hall–Kier alpha value is -2.47. The van der Waals surface area contributed by atoms with Crippen molar-refractivity contribution >= 4 is 23.2 Å². The SMILES string of the molecule is O=C(c1cccc(Cl)c1)N1CCc2ncc([N+](=O)[O-])cc2C1. The molecule has 112 valence electrons. The molecule has 0 aliphatic carbocycles. The lowest BCUT2D eigenvalue weighted by Crippen LogP contribution is -2.36. The smallest absolute Gasteiger partial charge is 0.287 e. The van der Waals surface area contributed by atoms with E-state index in [0.29, 0.717) is 30.1 Å². The van der Waals surface area contributed by atoms with Crippen LogP contribution in [0.5, 0.6) is 0 Å². The predicted octanol–water partition coefficient (Wildman–Crippen LogP) is 2.84. The Morgan fingerprint density at radius 2 is 2.18 bits per heavy atom. The number of aromatic nitrogens is 1. The van der Waals surface area contributed by atoms with Crippen molar-refractivity contribution in [3.05, 3.63) is 68.5 Å². The van der Waals surface area contributed by atoms with Crippen molar-refractivity contribution in [1.82, 2.24) is 9.88 Å². The fourth-order valence-electron chi connectivity index (χ4n) is 2.49. The number of rotatable bonds is 2. The van der Waals surface area contributed by atoms with Gasteiger partial charge in [-0.2, -0.15) is 0 Å². The van der Waals surface area contributed by atoms with Crippen LogP contribution < -0.4 is 0 Å². The van der Waals surface area contributed by atoms with Crippen LogP contribution >= 0.6 is 11.6 Å². The molecule has 0 fully saturated rings. The van der Waals surface area contributed by atoms with Gasteiger partial charge < -0.3 is 4.90 Å². The van der Waals surface area contributed by atoms with Crippen LogP contribution in [0.15, 0.2) is 36.5 Å². The topological polar surface area (TPSA) is 76.3 Å². The number of halogens is 1. The second-order valence-electron chi connectivity index (χ2n) is 5.04. The van der Waals surface area contributed by atoms with Crippen molar-refractivity contribution in [3.63, 3.8) is 0 Å². The minimum absolute atomic E-state index is 0.0594. The molecule has 22 heavy (non-hydrogen) atoms. The summed E-state index contributed by atoms with van der Waals surface area (Å²) in [6.45, 7) is 0.846. The number of nitrogens with zero attached hydrogens (tertiary/aromatic N) is 3. The van der Waals surface area contributed by atoms with E-state index in [1.165, 1.54) is 12.3 Å². The van der Waals surface area contributed by atoms with E-state index < -0.39 is 4.92 Å². The Morgan fingerprint density at radius 3 is 2.91 bits per heavy atom. The molecule has 2 aromatic rings. The van der Waals surface area contributed by atoms with Gasteiger partial charge in [0.1, 0.15) is 6.20 Å². The highest BCUT2D eigenvalue weighted by Gasteiger charge is 2.24. The van der Waals surface area contributed by atoms with Crippen LogP contribution in [0.1, 0.15) is 21.6 Å². The fourth-order valence-corrected chi connectivity index (χ4v) is 2.68. The van der Waals surface area contributed by atoms with Gasteiger partial charge >= 0.3 is 0 Å². The quantitative estimate of drug-likeness (QED) is 0.630. The third-order valence-corrected chi connectivity index (χ3v) is 3.83. The molecule has 3 rings (SSSR count). The van der Waals surface area contributed by atoms with Crippen LogP contribution in [0.3, 0.4) is 0 Å². The maximum Gasteiger partial charge on any atom is 0.287 e. The van der Waals surface area contributed by atoms with Gasteiger partial charge in [0.05, 0.1) is 4.92 Å². The van der Waals surface area contributed by atoms with Gasteiger partial charge in [-0.1, -0.05) is 17.7 Å². The van der Waals surface area contributed by atoms with Crippen molar-refractivity contribution in [2.45, 2.75) is 13.0 Å². The van der Waals surface area contributed by atoms with Crippen LogP contribution in [0.25, 0.3) is 0 Å². The lowest BCUT2D eigenvalue weighted by Gasteiger charge is -2.28. The molecular formula is C15H12ClN3O3. The molecule has 0 saturated carbocycles. The van der Waals surface area contributed by atoms with Gasteiger partial charge in [0.2, 0.25) is 0 Å². The lowest BCUT2D eigenvalue weighted by atomic mass is 10.0. The van der Waals surface area contributed by atoms with Crippen molar-refractivity contribution in [2.24, 2.45) is 0 Å². The van der Waals surface area contributed by atoms with Crippen LogP contribution in [-0.4, -0.2) is 27.3 Å². The van der Waals surface area contributed by atoms with Gasteiger partial charge in [0, 0.05) is 41.9 Å². The monoisotopic (exact) mass is 317 g/mol. The number of pyridine rings is 1. The highest BCUT2D eigenvalue weighted by molar-refractivity contribution is 6.30. The standard InChI is InChI=1S/C15H12ClN3O3/c16-12-3-1-2-10(6-12)15(20)18-5-4-14-11(9-18)7-13(8-17-14)19(21)22/h1-3,6-8H,4-5,9H2. The summed E-state index contributed by atoms with van der Waals surface area (Å²) in [7, 11) is 0. The van der Waals surface area contributed by atoms with E-state index in [2.05, 4.69) is 4.98 Å². The predicted molar refractivity (Wildman–Crippen MR) is 80.8 cm³/mol. The number of hydrogen-bond acceptors (Lipinski definition) is 4. The summed E-state index contributed by atoms with van der Waals surface area (Å²) in [5.41, 5.74) is 1.97. The molecule has 0 N–H and O–H groups in total. The van der Waals surface area contributed by atoms with Gasteiger partial charge in [-0.3, -0.25) is 19.9 Å². The molecule has 1 aromatic heterocycles. The molecule has 1 aliphatic rings. The number of hydrogen-bond donors (Lipinski definition) is 0. The molecule has 0 unspecified atom stereocenters. The van der Waals surface area contributed by atoms with Crippen molar-refractivity contribution in [1.29, 1.82) is 0 Å². The molecule has 1 amide bonds. The summed E-state index contributed by atoms with van der Waals surface area (Å²) < 4.78 is 0. The zero-order valence-electron chi connectivity index (χ0n) is 11.5. The zero-order chi connectivity index (χ0) is 15.7. The summed E-state index contributed by atoms with van der Waals surface area (Å²) in [5, 5.41) is 11.3. The molecule has 0 spiro atoms. The van der Waals surface area contributed by atoms with Crippen LogP contribution in [-0.2, 0) is 13.0 Å². The number of carbonyl (C=O) groups excluding carboxylic acids is 1. The van der Waals surface area contributed by atoms with Crippen molar-refractivity contribution in [2.75, 3.05) is 6.54 Å². The molecule has 1 aliphatic heterocycles. The fraction of sp³-hybridized carbons (Fsp3) is 0.200. The average molecular weight is 318 g/mol. The third-order valence-electron chi connectivity index (χ3n) is 3.59. The molecule has 0 bridgehead atoms. The van der Waals surface area contributed by atoms with E-state index in [9.17, 15) is 14.9 Å². The second kappa shape index (κ2) is 5.73. The highest BCUT2D eigenvalue weighted by Crippen LogP contribution is 2.23. The minimum Gasteiger partial charge on any atom is -0.334 e. The Balaban J connectivity index is 1.85. The zero-order valence-corrected chi connectivity index (χ0v) is 12.3. The first kappa shape index (κ1) is 14.5. The molecule has 6 nitrogen and oxygen atoms in total. The molecule has 7 heteroatoms. The van der Waals surface area contributed by atoms with Crippen molar-refractivity contribution in [3.8, 4) is 0 Å². The van der Waals surface area contributed by atoms with Gasteiger partial charge in [-0.05, 0) is 23.8 Å². The average Bonchev–Trinajstić information content (AvgIpc) is 2.53. The minimum atomic E-state index is -0.481. The number of fused-ring (bicyclic) bond motifs is 1. The van der Waals surface area contributed by atoms with Gasteiger partial charge in [-0.15, -0.1) is 0 Å². The molecule has 0 atom stereocenters. The summed E-state index contributed by atoms with van der Waals surface area (Å²) in [6, 6.07) is 8.23. The van der Waals surface area contributed by atoms with Gasteiger partial charge in [-0.25, -0.2) is 0 Å². The van der Waals surface area contributed by atoms with Crippen LogP contribution in [0, 0.1) is 10.1 Å². The first-order valence-electron chi connectivity index (χ1n) is 6.71. The Bertz CT molecular complexity index is 763. The second-order valence-corrected chi connectivity index (χ2v) is 5.48. The lowest BCUT2D eigenvalue weighted by molar-refractivity contribution is -0.385. The van der Waals surface area contributed by atoms with E-state index in [1.807, 2.05) is 0 Å². The molecule has 2 heterocycles. The first-order valence-corrected chi connectivity index (χ1v) is 7.09. The number of amides is 1. The summed E-state index contributed by atoms with van der Waals surface area (Å²) in [5.74, 6) is -0.139. The maximum atomic E-state index is 12.5.